The fraction of sp³-hybridized carbons (Fsp3) is 0.364. The van der Waals surface area contributed by atoms with E-state index in [0.29, 0.717) is 12.1 Å². The first kappa shape index (κ1) is 17.0. The van der Waals surface area contributed by atoms with Crippen molar-refractivity contribution >= 4 is 11.8 Å². The molecule has 0 spiro atoms. The number of esters is 1. The number of Topliss-reactive ketones (excluding diaryl/α,β-unsaturated/α-hetero) is 1. The highest BCUT2D eigenvalue weighted by molar-refractivity contribution is 6.17. The molecule has 2 aliphatic rings. The monoisotopic (exact) mass is 349 g/mol. The Morgan fingerprint density at radius 1 is 1.04 bits per heavy atom. The van der Waals surface area contributed by atoms with Crippen LogP contribution in [0.1, 0.15) is 35.2 Å². The van der Waals surface area contributed by atoms with E-state index < -0.39 is 11.5 Å². The van der Waals surface area contributed by atoms with Crippen molar-refractivity contribution in [1.82, 2.24) is 4.90 Å². The van der Waals surface area contributed by atoms with Gasteiger partial charge in [-0.2, -0.15) is 0 Å². The molecule has 0 N–H and O–H groups in total. The van der Waals surface area contributed by atoms with E-state index in [1.54, 1.807) is 12.1 Å². The number of benzene rings is 2. The largest absolute Gasteiger partial charge is 0.467 e. The van der Waals surface area contributed by atoms with Crippen LogP contribution < -0.4 is 0 Å². The molecule has 1 saturated carbocycles. The summed E-state index contributed by atoms with van der Waals surface area (Å²) in [5.41, 5.74) is 0.465. The molecule has 2 aromatic rings. The van der Waals surface area contributed by atoms with Gasteiger partial charge in [-0.1, -0.05) is 60.7 Å². The highest BCUT2D eigenvalue weighted by atomic mass is 16.5. The van der Waals surface area contributed by atoms with Crippen molar-refractivity contribution in [3.63, 3.8) is 0 Å². The smallest absolute Gasteiger partial charge is 0.334 e. The lowest BCUT2D eigenvalue weighted by Gasteiger charge is -2.43. The topological polar surface area (TPSA) is 46.6 Å². The van der Waals surface area contributed by atoms with Crippen molar-refractivity contribution < 1.29 is 14.3 Å². The number of fused-ring (bicyclic) bond motifs is 2. The minimum absolute atomic E-state index is 0.0105. The maximum Gasteiger partial charge on any atom is 0.334 e. The van der Waals surface area contributed by atoms with E-state index in [1.165, 1.54) is 7.11 Å². The van der Waals surface area contributed by atoms with Crippen LogP contribution in [0.3, 0.4) is 0 Å². The number of ether oxygens (including phenoxy) is 1. The molecule has 3 atom stereocenters. The van der Waals surface area contributed by atoms with Crippen LogP contribution in [0.4, 0.5) is 0 Å². The Hall–Kier alpha value is -2.46. The fourth-order valence-electron chi connectivity index (χ4n) is 4.83. The number of carbonyl (C=O) groups excluding carboxylic acids is 2. The van der Waals surface area contributed by atoms with E-state index in [1.807, 2.05) is 48.5 Å². The molecule has 2 aromatic carbocycles. The average Bonchev–Trinajstić information content (AvgIpc) is 3.29. The van der Waals surface area contributed by atoms with Crippen molar-refractivity contribution in [1.29, 1.82) is 0 Å². The minimum Gasteiger partial charge on any atom is -0.467 e. The number of likely N-dealkylation sites (tertiary alicyclic amines) is 1. The number of methoxy groups -OCH3 is 1. The Kier molecular flexibility index (Phi) is 4.37. The van der Waals surface area contributed by atoms with Crippen LogP contribution in [0.2, 0.25) is 0 Å². The zero-order valence-electron chi connectivity index (χ0n) is 14.9. The molecule has 4 rings (SSSR count). The van der Waals surface area contributed by atoms with Gasteiger partial charge in [0.25, 0.3) is 0 Å². The Labute approximate surface area is 153 Å². The first-order valence-corrected chi connectivity index (χ1v) is 9.17. The predicted octanol–water partition coefficient (Wildman–Crippen LogP) is 3.47. The van der Waals surface area contributed by atoms with Gasteiger partial charge >= 0.3 is 5.97 Å². The van der Waals surface area contributed by atoms with Crippen LogP contribution in [-0.2, 0) is 16.1 Å². The molecular weight excluding hydrogens is 326 g/mol. The minimum atomic E-state index is -1.21. The van der Waals surface area contributed by atoms with Gasteiger partial charge in [-0.05, 0) is 30.7 Å². The number of rotatable bonds is 5. The number of nitrogens with zero attached hydrogens (tertiary/aromatic N) is 1. The molecule has 1 aliphatic heterocycles. The summed E-state index contributed by atoms with van der Waals surface area (Å²) in [5, 5.41) is 0. The summed E-state index contributed by atoms with van der Waals surface area (Å²) >= 11 is 0. The Morgan fingerprint density at radius 2 is 1.69 bits per heavy atom. The Bertz CT molecular complexity index is 805. The summed E-state index contributed by atoms with van der Waals surface area (Å²) < 4.78 is 5.20. The normalized spacial score (nSPS) is 27.4. The zero-order valence-corrected chi connectivity index (χ0v) is 14.9. The van der Waals surface area contributed by atoms with Crippen molar-refractivity contribution in [3.05, 3.63) is 71.8 Å². The van der Waals surface area contributed by atoms with Crippen LogP contribution >= 0.6 is 0 Å². The van der Waals surface area contributed by atoms with E-state index in [4.69, 9.17) is 4.74 Å². The lowest BCUT2D eigenvalue weighted by molar-refractivity contribution is -0.155. The Balaban J connectivity index is 1.80. The summed E-state index contributed by atoms with van der Waals surface area (Å²) in [7, 11) is 1.38. The van der Waals surface area contributed by atoms with E-state index in [9.17, 15) is 9.59 Å². The molecule has 0 radical (unpaired) electrons. The SMILES string of the molecule is COC(=O)[C@]1(C(=O)c2ccccc2)[C@@H]2CC[C@@H](C2)N1Cc1ccccc1. The number of hydrogen-bond acceptors (Lipinski definition) is 4. The van der Waals surface area contributed by atoms with Gasteiger partial charge in [0.1, 0.15) is 0 Å². The summed E-state index contributed by atoms with van der Waals surface area (Å²) in [6.45, 7) is 0.579. The maximum atomic E-state index is 13.6. The van der Waals surface area contributed by atoms with E-state index in [-0.39, 0.29) is 17.7 Å². The number of ketones is 1. The molecule has 0 amide bonds. The fourth-order valence-corrected chi connectivity index (χ4v) is 4.83. The maximum absolute atomic E-state index is 13.6. The molecule has 134 valence electrons. The lowest BCUT2D eigenvalue weighted by Crippen LogP contribution is -2.63. The standard InChI is InChI=1S/C22H23NO3/c1-26-21(25)22(20(24)17-10-6-3-7-11-17)18-12-13-19(14-18)23(22)15-16-8-4-2-5-9-16/h2-11,18-19H,12-15H2,1H3/t18-,19+,22-/m1/s1. The van der Waals surface area contributed by atoms with E-state index in [0.717, 1.165) is 24.8 Å². The van der Waals surface area contributed by atoms with Gasteiger partial charge < -0.3 is 4.74 Å². The molecule has 2 bridgehead atoms. The van der Waals surface area contributed by atoms with E-state index >= 15 is 0 Å². The van der Waals surface area contributed by atoms with Crippen molar-refractivity contribution in [3.8, 4) is 0 Å². The molecule has 1 saturated heterocycles. The van der Waals surface area contributed by atoms with Crippen LogP contribution in [0.25, 0.3) is 0 Å². The van der Waals surface area contributed by atoms with Gasteiger partial charge in [0, 0.05) is 18.2 Å². The summed E-state index contributed by atoms with van der Waals surface area (Å²) in [6.07, 6.45) is 2.79. The molecule has 1 aliphatic carbocycles. The second-order valence-electron chi connectivity index (χ2n) is 7.23. The molecule has 4 nitrogen and oxygen atoms in total. The lowest BCUT2D eigenvalue weighted by atomic mass is 9.76. The predicted molar refractivity (Wildman–Crippen MR) is 98.6 cm³/mol. The summed E-state index contributed by atoms with van der Waals surface area (Å²) in [4.78, 5) is 28.8. The van der Waals surface area contributed by atoms with Crippen molar-refractivity contribution in [2.45, 2.75) is 37.4 Å². The van der Waals surface area contributed by atoms with Gasteiger partial charge in [-0.15, -0.1) is 0 Å². The quantitative estimate of drug-likeness (QED) is 0.471. The third kappa shape index (κ3) is 2.48. The van der Waals surface area contributed by atoms with Crippen LogP contribution in [0.15, 0.2) is 60.7 Å². The number of hydrogen-bond donors (Lipinski definition) is 0. The molecule has 0 aromatic heterocycles. The average molecular weight is 349 g/mol. The van der Waals surface area contributed by atoms with Crippen molar-refractivity contribution in [2.75, 3.05) is 7.11 Å². The van der Waals surface area contributed by atoms with Crippen LogP contribution in [-0.4, -0.2) is 35.3 Å². The molecule has 1 heterocycles. The first-order chi connectivity index (χ1) is 12.7. The second kappa shape index (κ2) is 6.69. The zero-order chi connectivity index (χ0) is 18.1. The van der Waals surface area contributed by atoms with Gasteiger partial charge in [-0.3, -0.25) is 9.69 Å². The molecule has 4 heteroatoms. The number of piperidine rings is 1. The summed E-state index contributed by atoms with van der Waals surface area (Å²) in [6, 6.07) is 19.4. The second-order valence-corrected chi connectivity index (χ2v) is 7.23. The van der Waals surface area contributed by atoms with Crippen molar-refractivity contribution in [2.24, 2.45) is 5.92 Å². The molecular formula is C22H23NO3. The third-order valence-electron chi connectivity index (χ3n) is 5.96. The highest BCUT2D eigenvalue weighted by Gasteiger charge is 2.65. The van der Waals surface area contributed by atoms with Gasteiger partial charge in [0.2, 0.25) is 0 Å². The number of carbonyl (C=O) groups is 2. The van der Waals surface area contributed by atoms with Gasteiger partial charge in [0.05, 0.1) is 7.11 Å². The van der Waals surface area contributed by atoms with Gasteiger partial charge in [0.15, 0.2) is 11.3 Å². The first-order valence-electron chi connectivity index (χ1n) is 9.17. The van der Waals surface area contributed by atoms with Gasteiger partial charge in [-0.25, -0.2) is 4.79 Å². The van der Waals surface area contributed by atoms with Crippen LogP contribution in [0.5, 0.6) is 0 Å². The molecule has 2 fully saturated rings. The third-order valence-corrected chi connectivity index (χ3v) is 5.96. The highest BCUT2D eigenvalue weighted by Crippen LogP contribution is 2.51. The van der Waals surface area contributed by atoms with Crippen LogP contribution in [0, 0.1) is 5.92 Å². The molecule has 0 unspecified atom stereocenters. The summed E-state index contributed by atoms with van der Waals surface area (Å²) in [5.74, 6) is -0.543. The Morgan fingerprint density at radius 3 is 2.35 bits per heavy atom. The molecule has 26 heavy (non-hydrogen) atoms. The van der Waals surface area contributed by atoms with E-state index in [2.05, 4.69) is 4.90 Å².